The summed E-state index contributed by atoms with van der Waals surface area (Å²) in [7, 11) is 0. The fourth-order valence-corrected chi connectivity index (χ4v) is 4.67. The number of hydrogen-bond donors (Lipinski definition) is 0. The molecule has 0 atom stereocenters. The molecule has 4 rings (SSSR count). The average molecular weight is 410 g/mol. The van der Waals surface area contributed by atoms with Crippen LogP contribution in [0.2, 0.25) is 0 Å². The van der Waals surface area contributed by atoms with E-state index in [0.29, 0.717) is 38.3 Å². The molecule has 8 heteroatoms. The van der Waals surface area contributed by atoms with E-state index in [0.717, 1.165) is 23.4 Å². The fraction of sp³-hybridized carbons (Fsp3) is 0.333. The zero-order chi connectivity index (χ0) is 20.2. The van der Waals surface area contributed by atoms with Crippen molar-refractivity contribution in [2.75, 3.05) is 31.1 Å². The number of nitro groups is 1. The maximum Gasteiger partial charge on any atom is 0.292 e. The summed E-state index contributed by atoms with van der Waals surface area (Å²) in [5.41, 5.74) is 1.76. The number of anilines is 1. The summed E-state index contributed by atoms with van der Waals surface area (Å²) in [6.45, 7) is 2.39. The van der Waals surface area contributed by atoms with Crippen LogP contribution >= 0.6 is 11.3 Å². The Morgan fingerprint density at radius 1 is 1.07 bits per heavy atom. The van der Waals surface area contributed by atoms with Crippen molar-refractivity contribution in [3.05, 3.63) is 63.7 Å². The van der Waals surface area contributed by atoms with Gasteiger partial charge in [0.2, 0.25) is 5.91 Å². The minimum Gasteiger partial charge on any atom is -0.362 e. The van der Waals surface area contributed by atoms with Crippen LogP contribution in [0.15, 0.2) is 48.5 Å². The van der Waals surface area contributed by atoms with Gasteiger partial charge in [-0.15, -0.1) is 11.3 Å². The van der Waals surface area contributed by atoms with Gasteiger partial charge in [0.1, 0.15) is 5.69 Å². The van der Waals surface area contributed by atoms with E-state index in [9.17, 15) is 14.9 Å². The Morgan fingerprint density at radius 3 is 2.55 bits per heavy atom. The lowest BCUT2D eigenvalue weighted by molar-refractivity contribution is -0.384. The molecule has 0 bridgehead atoms. The molecule has 1 aromatic heterocycles. The van der Waals surface area contributed by atoms with Crippen molar-refractivity contribution in [1.29, 1.82) is 0 Å². The Kier molecular flexibility index (Phi) is 5.71. The standard InChI is InChI=1S/C21H22N4O3S/c26-21(11-5-10-20-22-16-6-1-4-9-19(16)29-20)24-14-12-23(13-15-24)17-7-2-3-8-18(17)25(27)28/h1-4,6-9H,5,10-15H2. The molecule has 0 saturated carbocycles. The maximum atomic E-state index is 12.6. The second kappa shape index (κ2) is 8.57. The van der Waals surface area contributed by atoms with Crippen molar-refractivity contribution < 1.29 is 9.72 Å². The summed E-state index contributed by atoms with van der Waals surface area (Å²) in [5.74, 6) is 0.147. The van der Waals surface area contributed by atoms with E-state index in [-0.39, 0.29) is 16.5 Å². The number of benzene rings is 2. The van der Waals surface area contributed by atoms with Crippen LogP contribution < -0.4 is 4.90 Å². The van der Waals surface area contributed by atoms with Gasteiger partial charge in [-0.05, 0) is 31.0 Å². The summed E-state index contributed by atoms with van der Waals surface area (Å²) in [6.07, 6.45) is 2.09. The summed E-state index contributed by atoms with van der Waals surface area (Å²) in [6, 6.07) is 14.9. The van der Waals surface area contributed by atoms with Crippen LogP contribution in [0.25, 0.3) is 10.2 Å². The smallest absolute Gasteiger partial charge is 0.292 e. The molecule has 150 valence electrons. The SMILES string of the molecule is O=C(CCCc1nc2ccccc2s1)N1CCN(c2ccccc2[N+](=O)[O-])CC1. The van der Waals surface area contributed by atoms with Crippen molar-refractivity contribution in [2.45, 2.75) is 19.3 Å². The Bertz CT molecular complexity index is 994. The number of aryl methyl sites for hydroxylation is 1. The summed E-state index contributed by atoms with van der Waals surface area (Å²) < 4.78 is 1.18. The highest BCUT2D eigenvalue weighted by molar-refractivity contribution is 7.18. The van der Waals surface area contributed by atoms with Crippen LogP contribution in [0.4, 0.5) is 11.4 Å². The summed E-state index contributed by atoms with van der Waals surface area (Å²) >= 11 is 1.69. The van der Waals surface area contributed by atoms with E-state index in [1.165, 1.54) is 10.8 Å². The highest BCUT2D eigenvalue weighted by atomic mass is 32.1. The molecular weight excluding hydrogens is 388 g/mol. The number of amides is 1. The van der Waals surface area contributed by atoms with Crippen LogP contribution in [-0.4, -0.2) is 46.9 Å². The van der Waals surface area contributed by atoms with Crippen LogP contribution in [0.3, 0.4) is 0 Å². The fourth-order valence-electron chi connectivity index (χ4n) is 3.66. The van der Waals surface area contributed by atoms with Gasteiger partial charge in [0.25, 0.3) is 5.69 Å². The number of fused-ring (bicyclic) bond motifs is 1. The molecule has 1 fully saturated rings. The zero-order valence-electron chi connectivity index (χ0n) is 16.0. The monoisotopic (exact) mass is 410 g/mol. The largest absolute Gasteiger partial charge is 0.362 e. The van der Waals surface area contributed by atoms with E-state index >= 15 is 0 Å². The van der Waals surface area contributed by atoms with Crippen molar-refractivity contribution >= 4 is 38.8 Å². The first-order chi connectivity index (χ1) is 14.1. The second-order valence-electron chi connectivity index (χ2n) is 7.04. The van der Waals surface area contributed by atoms with Gasteiger partial charge in [-0.3, -0.25) is 14.9 Å². The van der Waals surface area contributed by atoms with Crippen LogP contribution in [0, 0.1) is 10.1 Å². The number of aromatic nitrogens is 1. The maximum absolute atomic E-state index is 12.6. The van der Waals surface area contributed by atoms with Crippen LogP contribution in [-0.2, 0) is 11.2 Å². The van der Waals surface area contributed by atoms with E-state index < -0.39 is 0 Å². The molecule has 1 aliphatic heterocycles. The molecule has 2 heterocycles. The third kappa shape index (κ3) is 4.37. The third-order valence-electron chi connectivity index (χ3n) is 5.17. The number of thiazole rings is 1. The lowest BCUT2D eigenvalue weighted by Crippen LogP contribution is -2.48. The van der Waals surface area contributed by atoms with Gasteiger partial charge in [0, 0.05) is 38.7 Å². The van der Waals surface area contributed by atoms with Crippen LogP contribution in [0.5, 0.6) is 0 Å². The van der Waals surface area contributed by atoms with Crippen molar-refractivity contribution in [3.63, 3.8) is 0 Å². The van der Waals surface area contributed by atoms with Gasteiger partial charge in [-0.1, -0.05) is 24.3 Å². The first kappa shape index (κ1) is 19.3. The minimum atomic E-state index is -0.352. The topological polar surface area (TPSA) is 79.6 Å². The summed E-state index contributed by atoms with van der Waals surface area (Å²) in [4.78, 5) is 31.9. The van der Waals surface area contributed by atoms with E-state index in [1.54, 1.807) is 23.5 Å². The van der Waals surface area contributed by atoms with Gasteiger partial charge in [-0.2, -0.15) is 0 Å². The van der Waals surface area contributed by atoms with Gasteiger partial charge >= 0.3 is 0 Å². The van der Waals surface area contributed by atoms with Gasteiger partial charge in [0.05, 0.1) is 20.1 Å². The van der Waals surface area contributed by atoms with Crippen LogP contribution in [0.1, 0.15) is 17.8 Å². The normalized spacial score (nSPS) is 14.3. The molecule has 0 radical (unpaired) electrons. The lowest BCUT2D eigenvalue weighted by atomic mass is 10.2. The highest BCUT2D eigenvalue weighted by Crippen LogP contribution is 2.28. The predicted octanol–water partition coefficient (Wildman–Crippen LogP) is 3.88. The molecule has 29 heavy (non-hydrogen) atoms. The van der Waals surface area contributed by atoms with Crippen molar-refractivity contribution in [3.8, 4) is 0 Å². The molecule has 1 aliphatic rings. The second-order valence-corrected chi connectivity index (χ2v) is 8.16. The molecule has 1 saturated heterocycles. The molecule has 2 aromatic carbocycles. The number of piperazine rings is 1. The first-order valence-corrected chi connectivity index (χ1v) is 10.5. The van der Waals surface area contributed by atoms with E-state index in [1.807, 2.05) is 34.1 Å². The highest BCUT2D eigenvalue weighted by Gasteiger charge is 2.25. The quantitative estimate of drug-likeness (QED) is 0.455. The molecule has 0 spiro atoms. The van der Waals surface area contributed by atoms with Crippen molar-refractivity contribution in [2.24, 2.45) is 0 Å². The number of para-hydroxylation sites is 3. The van der Waals surface area contributed by atoms with Gasteiger partial charge in [-0.25, -0.2) is 4.98 Å². The predicted molar refractivity (Wildman–Crippen MR) is 114 cm³/mol. The lowest BCUT2D eigenvalue weighted by Gasteiger charge is -2.35. The Balaban J connectivity index is 1.27. The number of hydrogen-bond acceptors (Lipinski definition) is 6. The number of rotatable bonds is 6. The Labute approximate surface area is 172 Å². The first-order valence-electron chi connectivity index (χ1n) is 9.72. The summed E-state index contributed by atoms with van der Waals surface area (Å²) in [5, 5.41) is 12.3. The van der Waals surface area contributed by atoms with E-state index in [2.05, 4.69) is 11.1 Å². The van der Waals surface area contributed by atoms with E-state index in [4.69, 9.17) is 0 Å². The molecule has 0 unspecified atom stereocenters. The Morgan fingerprint density at radius 2 is 1.79 bits per heavy atom. The molecule has 0 N–H and O–H groups in total. The zero-order valence-corrected chi connectivity index (χ0v) is 16.8. The molecular formula is C21H22N4O3S. The van der Waals surface area contributed by atoms with Gasteiger partial charge in [0.15, 0.2) is 0 Å². The van der Waals surface area contributed by atoms with Gasteiger partial charge < -0.3 is 9.80 Å². The number of carbonyl (C=O) groups excluding carboxylic acids is 1. The number of nitro benzene ring substituents is 1. The number of carbonyl (C=O) groups is 1. The number of nitrogens with zero attached hydrogens (tertiary/aromatic N) is 4. The molecule has 3 aromatic rings. The average Bonchev–Trinajstić information content (AvgIpc) is 3.16. The van der Waals surface area contributed by atoms with Crippen molar-refractivity contribution in [1.82, 2.24) is 9.88 Å². The minimum absolute atomic E-state index is 0.114. The third-order valence-corrected chi connectivity index (χ3v) is 6.27. The molecule has 0 aliphatic carbocycles. The molecule has 7 nitrogen and oxygen atoms in total. The molecule has 1 amide bonds. The Hall–Kier alpha value is -3.00.